The summed E-state index contributed by atoms with van der Waals surface area (Å²) in [5.41, 5.74) is 1.83. The number of aryl methyl sites for hydroxylation is 1. The summed E-state index contributed by atoms with van der Waals surface area (Å²) >= 11 is 6.24. The van der Waals surface area contributed by atoms with E-state index in [9.17, 15) is 18.3 Å². The van der Waals surface area contributed by atoms with Gasteiger partial charge in [0.1, 0.15) is 23.9 Å². The Labute approximate surface area is 198 Å². The van der Waals surface area contributed by atoms with Gasteiger partial charge in [-0.2, -0.15) is 0 Å². The van der Waals surface area contributed by atoms with E-state index in [1.165, 1.54) is 31.2 Å². The van der Waals surface area contributed by atoms with Crippen LogP contribution in [0.25, 0.3) is 0 Å². The predicted octanol–water partition coefficient (Wildman–Crippen LogP) is 5.70. The molecule has 0 spiro atoms. The first-order valence-electron chi connectivity index (χ1n) is 10.4. The Hall–Kier alpha value is -2.97. The van der Waals surface area contributed by atoms with Gasteiger partial charge in [-0.1, -0.05) is 32.4 Å². The molecule has 2 N–H and O–H groups in total. The number of sulfone groups is 1. The third-order valence-corrected chi connectivity index (χ3v) is 7.26. The number of halogens is 1. The van der Waals surface area contributed by atoms with Crippen molar-refractivity contribution in [2.24, 2.45) is 0 Å². The molecule has 0 radical (unpaired) electrons. The van der Waals surface area contributed by atoms with Crippen LogP contribution in [0, 0.1) is 6.92 Å². The van der Waals surface area contributed by atoms with Crippen molar-refractivity contribution in [3.63, 3.8) is 0 Å². The summed E-state index contributed by atoms with van der Waals surface area (Å²) in [4.78, 5) is 12.6. The minimum Gasteiger partial charge on any atom is -0.506 e. The van der Waals surface area contributed by atoms with Crippen LogP contribution in [-0.2, 0) is 16.4 Å². The SMILES string of the molecule is CCS(=O)(=O)c1ccc(O)c(NC(=O)c2ccc(COc3cc(C)c(Cl)cc3C(C)C)o2)c1. The highest BCUT2D eigenvalue weighted by atomic mass is 35.5. The predicted molar refractivity (Wildman–Crippen MR) is 127 cm³/mol. The average Bonchev–Trinajstić information content (AvgIpc) is 3.24. The van der Waals surface area contributed by atoms with Crippen LogP contribution in [0.1, 0.15) is 54.1 Å². The summed E-state index contributed by atoms with van der Waals surface area (Å²) < 4.78 is 35.7. The second-order valence-electron chi connectivity index (χ2n) is 7.89. The van der Waals surface area contributed by atoms with Crippen LogP contribution in [0.4, 0.5) is 5.69 Å². The lowest BCUT2D eigenvalue weighted by Crippen LogP contribution is -2.12. The first-order valence-corrected chi connectivity index (χ1v) is 12.4. The minimum atomic E-state index is -3.49. The van der Waals surface area contributed by atoms with Crippen LogP contribution in [0.3, 0.4) is 0 Å². The Morgan fingerprint density at radius 3 is 2.58 bits per heavy atom. The Balaban J connectivity index is 1.73. The highest BCUT2D eigenvalue weighted by Crippen LogP contribution is 2.33. The van der Waals surface area contributed by atoms with E-state index < -0.39 is 15.7 Å². The van der Waals surface area contributed by atoms with Gasteiger partial charge in [-0.15, -0.1) is 0 Å². The maximum atomic E-state index is 12.6. The van der Waals surface area contributed by atoms with Crippen molar-refractivity contribution in [2.75, 3.05) is 11.1 Å². The molecule has 1 amide bonds. The van der Waals surface area contributed by atoms with Crippen molar-refractivity contribution >= 4 is 33.0 Å². The highest BCUT2D eigenvalue weighted by molar-refractivity contribution is 7.91. The molecule has 2 aromatic carbocycles. The second kappa shape index (κ2) is 9.89. The maximum absolute atomic E-state index is 12.6. The topological polar surface area (TPSA) is 106 Å². The lowest BCUT2D eigenvalue weighted by atomic mass is 10.0. The van der Waals surface area contributed by atoms with Gasteiger partial charge in [0.25, 0.3) is 5.91 Å². The van der Waals surface area contributed by atoms with Crippen molar-refractivity contribution in [3.8, 4) is 11.5 Å². The van der Waals surface area contributed by atoms with Gasteiger partial charge in [0.2, 0.25) is 0 Å². The van der Waals surface area contributed by atoms with E-state index in [-0.39, 0.29) is 40.4 Å². The Morgan fingerprint density at radius 1 is 1.18 bits per heavy atom. The smallest absolute Gasteiger partial charge is 0.291 e. The van der Waals surface area contributed by atoms with Crippen LogP contribution in [0.2, 0.25) is 5.02 Å². The summed E-state index contributed by atoms with van der Waals surface area (Å²) in [5.74, 6) is 0.324. The van der Waals surface area contributed by atoms with Crippen LogP contribution in [-0.4, -0.2) is 25.2 Å². The molecule has 0 aliphatic carbocycles. The zero-order chi connectivity index (χ0) is 24.3. The highest BCUT2D eigenvalue weighted by Gasteiger charge is 2.18. The first-order chi connectivity index (χ1) is 15.5. The van der Waals surface area contributed by atoms with E-state index in [4.69, 9.17) is 20.8 Å². The van der Waals surface area contributed by atoms with Gasteiger partial charge in [0.15, 0.2) is 15.6 Å². The molecule has 0 bridgehead atoms. The number of hydrogen-bond acceptors (Lipinski definition) is 6. The number of phenolic OH excluding ortho intramolecular Hbond substituents is 1. The number of anilines is 1. The molecule has 33 heavy (non-hydrogen) atoms. The van der Waals surface area contributed by atoms with E-state index in [0.717, 1.165) is 11.1 Å². The summed E-state index contributed by atoms with van der Waals surface area (Å²) in [7, 11) is -3.49. The molecular weight excluding hydrogens is 466 g/mol. The number of hydrogen-bond donors (Lipinski definition) is 2. The molecule has 7 nitrogen and oxygen atoms in total. The van der Waals surface area contributed by atoms with Gasteiger partial charge >= 0.3 is 0 Å². The van der Waals surface area contributed by atoms with Crippen molar-refractivity contribution in [1.82, 2.24) is 0 Å². The molecular formula is C24H26ClNO6S. The summed E-state index contributed by atoms with van der Waals surface area (Å²) in [6.45, 7) is 7.59. The minimum absolute atomic E-state index is 0.00542. The van der Waals surface area contributed by atoms with E-state index in [1.807, 2.05) is 32.9 Å². The largest absolute Gasteiger partial charge is 0.506 e. The number of ether oxygens (including phenoxy) is 1. The average molecular weight is 492 g/mol. The normalized spacial score (nSPS) is 11.6. The first kappa shape index (κ1) is 24.7. The van der Waals surface area contributed by atoms with Crippen LogP contribution in [0.5, 0.6) is 11.5 Å². The summed E-state index contributed by atoms with van der Waals surface area (Å²) in [6, 6.07) is 10.6. The number of nitrogens with one attached hydrogen (secondary N) is 1. The zero-order valence-electron chi connectivity index (χ0n) is 18.8. The molecule has 0 saturated heterocycles. The van der Waals surface area contributed by atoms with Crippen LogP contribution in [0.15, 0.2) is 51.8 Å². The van der Waals surface area contributed by atoms with Gasteiger partial charge in [-0.3, -0.25) is 4.79 Å². The number of carbonyl (C=O) groups is 1. The molecule has 0 aliphatic rings. The monoisotopic (exact) mass is 491 g/mol. The summed E-state index contributed by atoms with van der Waals surface area (Å²) in [6.07, 6.45) is 0. The quantitative estimate of drug-likeness (QED) is 0.392. The standard InChI is InChI=1S/C24H26ClNO6S/c1-5-33(29,30)17-7-8-21(27)20(11-17)26-24(28)22-9-6-16(32-22)13-31-23-10-15(4)19(25)12-18(23)14(2)3/h6-12,14,27H,5,13H2,1-4H3,(H,26,28). The molecule has 176 valence electrons. The second-order valence-corrected chi connectivity index (χ2v) is 10.6. The number of furan rings is 1. The van der Waals surface area contributed by atoms with Crippen molar-refractivity contribution < 1.29 is 27.5 Å². The number of amides is 1. The molecule has 9 heteroatoms. The van der Waals surface area contributed by atoms with E-state index >= 15 is 0 Å². The van der Waals surface area contributed by atoms with E-state index in [2.05, 4.69) is 5.32 Å². The Morgan fingerprint density at radius 2 is 1.91 bits per heavy atom. The molecule has 0 unspecified atom stereocenters. The fourth-order valence-corrected chi connectivity index (χ4v) is 4.21. The third kappa shape index (κ3) is 5.69. The number of carbonyl (C=O) groups excluding carboxylic acids is 1. The van der Waals surface area contributed by atoms with Crippen molar-refractivity contribution in [3.05, 3.63) is 70.1 Å². The number of aromatic hydroxyl groups is 1. The van der Waals surface area contributed by atoms with E-state index in [0.29, 0.717) is 16.5 Å². The maximum Gasteiger partial charge on any atom is 0.291 e. The fourth-order valence-electron chi connectivity index (χ4n) is 3.13. The van der Waals surface area contributed by atoms with Gasteiger partial charge in [-0.05, 0) is 66.4 Å². The van der Waals surface area contributed by atoms with Gasteiger partial charge in [0.05, 0.1) is 16.3 Å². The molecule has 0 saturated carbocycles. The van der Waals surface area contributed by atoms with Gasteiger partial charge in [0, 0.05) is 5.02 Å². The third-order valence-electron chi connectivity index (χ3n) is 5.12. The summed E-state index contributed by atoms with van der Waals surface area (Å²) in [5, 5.41) is 13.2. The van der Waals surface area contributed by atoms with Gasteiger partial charge in [-0.25, -0.2) is 8.42 Å². The van der Waals surface area contributed by atoms with E-state index in [1.54, 1.807) is 6.07 Å². The molecule has 1 aromatic heterocycles. The number of phenols is 1. The van der Waals surface area contributed by atoms with Crippen LogP contribution < -0.4 is 10.1 Å². The number of benzene rings is 2. The molecule has 0 aliphatic heterocycles. The van der Waals surface area contributed by atoms with Gasteiger partial charge < -0.3 is 19.6 Å². The molecule has 0 fully saturated rings. The molecule has 3 aromatic rings. The lowest BCUT2D eigenvalue weighted by Gasteiger charge is -2.15. The molecule has 1 heterocycles. The Bertz CT molecular complexity index is 1280. The lowest BCUT2D eigenvalue weighted by molar-refractivity contribution is 0.0992. The van der Waals surface area contributed by atoms with Crippen molar-refractivity contribution in [1.29, 1.82) is 0 Å². The van der Waals surface area contributed by atoms with Crippen molar-refractivity contribution in [2.45, 2.75) is 45.1 Å². The molecule has 0 atom stereocenters. The number of rotatable bonds is 8. The Kier molecular flexibility index (Phi) is 7.39. The fraction of sp³-hybridized carbons (Fsp3) is 0.292. The zero-order valence-corrected chi connectivity index (χ0v) is 20.4. The molecule has 3 rings (SSSR count). The van der Waals surface area contributed by atoms with Crippen LogP contribution >= 0.6 is 11.6 Å².